The van der Waals surface area contributed by atoms with Crippen LogP contribution in [0.3, 0.4) is 0 Å². The van der Waals surface area contributed by atoms with Crippen LogP contribution in [0.4, 0.5) is 0 Å². The molecule has 1 fully saturated rings. The van der Waals surface area contributed by atoms with Crippen LogP contribution in [0, 0.1) is 0 Å². The average Bonchev–Trinajstić information content (AvgIpc) is 3.47. The van der Waals surface area contributed by atoms with Gasteiger partial charge in [0.25, 0.3) is 0 Å². The number of phenols is 2. The quantitative estimate of drug-likeness (QED) is 0.192. The minimum absolute atomic E-state index is 0. The molecule has 0 aliphatic heterocycles. The number of aryl methyl sites for hydroxylation is 4. The Morgan fingerprint density at radius 2 is 0.979 bits per heavy atom. The Morgan fingerprint density at radius 3 is 1.29 bits per heavy atom. The first-order chi connectivity index (χ1) is 22.5. The molecule has 2 unspecified atom stereocenters. The van der Waals surface area contributed by atoms with Gasteiger partial charge in [0, 0.05) is 35.5 Å². The average molecular weight is 710 g/mol. The molecule has 2 atom stereocenters. The zero-order valence-corrected chi connectivity index (χ0v) is 31.0. The third-order valence-corrected chi connectivity index (χ3v) is 8.05. The molecule has 2 aromatic carbocycles. The number of hydrogen-bond acceptors (Lipinski definition) is 8. The summed E-state index contributed by atoms with van der Waals surface area (Å²) >= 11 is 0. The third kappa shape index (κ3) is 17.8. The van der Waals surface area contributed by atoms with Crippen LogP contribution >= 0.6 is 0 Å². The number of aliphatic imine (C=N–C) groups is 2. The molecule has 2 N–H and O–H groups in total. The number of aliphatic carboxylic acids is 2. The van der Waals surface area contributed by atoms with E-state index in [1.165, 1.54) is 11.1 Å². The number of unbranched alkanes of at least 4 members (excludes halogenated alkanes) is 4. The molecule has 1 saturated carbocycles. The normalized spacial score (nSPS) is 15.4. The fourth-order valence-corrected chi connectivity index (χ4v) is 5.56. The number of carbonyl (C=O) groups excluding carboxylic acids is 2. The van der Waals surface area contributed by atoms with E-state index in [1.54, 1.807) is 0 Å². The van der Waals surface area contributed by atoms with Crippen LogP contribution in [-0.2, 0) is 52.1 Å². The maximum absolute atomic E-state index is 11.0. The molecule has 2 aromatic rings. The van der Waals surface area contributed by atoms with Gasteiger partial charge in [-0.3, -0.25) is 9.98 Å². The minimum Gasteiger partial charge on any atom is -0.550 e. The number of nitrogens with zero attached hydrogens (tertiary/aromatic N) is 2. The van der Waals surface area contributed by atoms with Gasteiger partial charge in [0.2, 0.25) is 0 Å². The van der Waals surface area contributed by atoms with E-state index in [4.69, 9.17) is 29.8 Å². The maximum atomic E-state index is 11.0. The summed E-state index contributed by atoms with van der Waals surface area (Å²) in [5.41, 5.74) is 6.36. The van der Waals surface area contributed by atoms with Crippen molar-refractivity contribution in [2.75, 3.05) is 0 Å². The van der Waals surface area contributed by atoms with E-state index in [0.29, 0.717) is 11.5 Å². The van der Waals surface area contributed by atoms with E-state index in [1.807, 2.05) is 12.4 Å². The van der Waals surface area contributed by atoms with E-state index in [0.717, 1.165) is 132 Å². The van der Waals surface area contributed by atoms with Gasteiger partial charge in [0.1, 0.15) is 11.5 Å². The molecule has 8 nitrogen and oxygen atoms in total. The predicted octanol–water partition coefficient (Wildman–Crippen LogP) is 6.44. The van der Waals surface area contributed by atoms with Crippen molar-refractivity contribution in [3.05, 3.63) is 57.6 Å². The number of hydrogen-bond donors (Lipinski definition) is 2. The molecule has 269 valence electrons. The Labute approximate surface area is 299 Å². The zero-order valence-electron chi connectivity index (χ0n) is 30.0. The molecular formula is C39H58CoN2O6. The second kappa shape index (κ2) is 25.8. The summed E-state index contributed by atoms with van der Waals surface area (Å²) in [4.78, 5) is 27.7. The molecule has 48 heavy (non-hydrogen) atoms. The Hall–Kier alpha value is -3.17. The number of carbonyl (C=O) groups is 2. The summed E-state index contributed by atoms with van der Waals surface area (Å²) in [6, 6.07) is 8.82. The standard InChI is InChI=1S/C35H52N2O2.2C2H4O2.Co/c1-5-9-14-26-20-28(16-11-7-3)34(38)30(22-26)24-36-32-18-13-19-33(32)37-25-31-23-27(15-10-6-2)21-29(35(31)39)17-12-8-4;2*1-2(3)4;/h20-25,32-33,38-39H,5-19H2,1-4H3;2*1H3,(H,3,4);/q;;;+2/p-2. The number of rotatable bonds is 16. The van der Waals surface area contributed by atoms with Crippen molar-refractivity contribution in [2.45, 2.75) is 150 Å². The number of carboxylic acid groups (broad SMARTS) is 2. The van der Waals surface area contributed by atoms with Gasteiger partial charge >= 0.3 is 16.8 Å². The van der Waals surface area contributed by atoms with Crippen molar-refractivity contribution in [3.63, 3.8) is 0 Å². The van der Waals surface area contributed by atoms with Crippen LogP contribution in [-0.4, -0.2) is 46.7 Å². The fraction of sp³-hybridized carbons (Fsp3) is 0.590. The largest absolute Gasteiger partial charge is 2.00 e. The van der Waals surface area contributed by atoms with Crippen LogP contribution < -0.4 is 10.2 Å². The van der Waals surface area contributed by atoms with Crippen molar-refractivity contribution < 1.29 is 46.8 Å². The molecule has 3 rings (SSSR count). The van der Waals surface area contributed by atoms with Gasteiger partial charge in [-0.2, -0.15) is 0 Å². The maximum Gasteiger partial charge on any atom is 2.00 e. The van der Waals surface area contributed by atoms with Crippen molar-refractivity contribution in [2.24, 2.45) is 9.98 Å². The van der Waals surface area contributed by atoms with E-state index in [9.17, 15) is 10.2 Å². The van der Waals surface area contributed by atoms with Gasteiger partial charge in [0.15, 0.2) is 0 Å². The van der Waals surface area contributed by atoms with E-state index < -0.39 is 11.9 Å². The molecule has 1 aliphatic rings. The first-order valence-electron chi connectivity index (χ1n) is 17.6. The van der Waals surface area contributed by atoms with E-state index in [-0.39, 0.29) is 28.9 Å². The van der Waals surface area contributed by atoms with Crippen LogP contribution in [0.2, 0.25) is 0 Å². The second-order valence-electron chi connectivity index (χ2n) is 12.4. The molecule has 0 amide bonds. The molecule has 0 heterocycles. The third-order valence-electron chi connectivity index (χ3n) is 8.05. The Kier molecular flexibility index (Phi) is 24.1. The van der Waals surface area contributed by atoms with Crippen molar-refractivity contribution >= 4 is 24.4 Å². The van der Waals surface area contributed by atoms with E-state index in [2.05, 4.69) is 52.0 Å². The summed E-state index contributed by atoms with van der Waals surface area (Å²) in [7, 11) is 0. The van der Waals surface area contributed by atoms with Crippen molar-refractivity contribution in [1.82, 2.24) is 0 Å². The molecule has 0 bridgehead atoms. The molecular weight excluding hydrogens is 651 g/mol. The second-order valence-corrected chi connectivity index (χ2v) is 12.4. The molecule has 1 radical (unpaired) electrons. The first kappa shape index (κ1) is 44.8. The smallest absolute Gasteiger partial charge is 0.550 e. The summed E-state index contributed by atoms with van der Waals surface area (Å²) < 4.78 is 0. The van der Waals surface area contributed by atoms with Crippen molar-refractivity contribution in [1.29, 1.82) is 0 Å². The molecule has 1 aliphatic carbocycles. The summed E-state index contributed by atoms with van der Waals surface area (Å²) in [5.74, 6) is -1.39. The summed E-state index contributed by atoms with van der Waals surface area (Å²) in [6.07, 6.45) is 19.8. The van der Waals surface area contributed by atoms with E-state index >= 15 is 0 Å². The molecule has 0 saturated heterocycles. The van der Waals surface area contributed by atoms with Gasteiger partial charge < -0.3 is 30.0 Å². The Bertz CT molecular complexity index is 1190. The number of phenolic OH excluding ortho intramolecular Hbond substituents is 2. The first-order valence-corrected chi connectivity index (χ1v) is 17.6. The van der Waals surface area contributed by atoms with Crippen LogP contribution in [0.1, 0.15) is 146 Å². The number of aromatic hydroxyl groups is 2. The van der Waals surface area contributed by atoms with Crippen LogP contribution in [0.5, 0.6) is 11.5 Å². The van der Waals surface area contributed by atoms with Crippen LogP contribution in [0.15, 0.2) is 34.3 Å². The minimum atomic E-state index is -1.08. The van der Waals surface area contributed by atoms with Gasteiger partial charge in [-0.1, -0.05) is 65.5 Å². The molecule has 0 aromatic heterocycles. The fourth-order valence-electron chi connectivity index (χ4n) is 5.56. The summed E-state index contributed by atoms with van der Waals surface area (Å²) in [6.45, 7) is 10.8. The van der Waals surface area contributed by atoms with Gasteiger partial charge in [-0.05, 0) is 119 Å². The summed E-state index contributed by atoms with van der Waals surface area (Å²) in [5, 5.41) is 39.8. The Balaban J connectivity index is 0.00000221. The van der Waals surface area contributed by atoms with Crippen molar-refractivity contribution in [3.8, 4) is 11.5 Å². The van der Waals surface area contributed by atoms with Gasteiger partial charge in [-0.25, -0.2) is 0 Å². The topological polar surface area (TPSA) is 145 Å². The SMILES string of the molecule is CC(=O)[O-].CC(=O)[O-].CCCCc1cc(C=NC2CCCC2N=Cc2cc(CCCC)cc(CCCC)c2O)c(O)c(CCCC)c1.[Co+2]. The molecule has 9 heteroatoms. The van der Waals surface area contributed by atoms with Gasteiger partial charge in [0.05, 0.1) is 12.1 Å². The number of carboxylic acids is 2. The van der Waals surface area contributed by atoms with Gasteiger partial charge in [-0.15, -0.1) is 0 Å². The Morgan fingerprint density at radius 1 is 0.667 bits per heavy atom. The zero-order chi connectivity index (χ0) is 35.2. The molecule has 0 spiro atoms. The predicted molar refractivity (Wildman–Crippen MR) is 189 cm³/mol. The number of benzene rings is 2. The van der Waals surface area contributed by atoms with Crippen LogP contribution in [0.25, 0.3) is 0 Å². The monoisotopic (exact) mass is 709 g/mol.